The van der Waals surface area contributed by atoms with Crippen molar-refractivity contribution in [1.29, 1.82) is 0 Å². The number of allylic oxidation sites excluding steroid dienone is 4. The highest BCUT2D eigenvalue weighted by Gasteiger charge is 2.26. The normalized spacial score (nSPS) is 14.9. The van der Waals surface area contributed by atoms with Gasteiger partial charge in [0.15, 0.2) is 0 Å². The van der Waals surface area contributed by atoms with Crippen molar-refractivity contribution in [1.82, 2.24) is 4.90 Å². The lowest BCUT2D eigenvalue weighted by Crippen LogP contribution is -2.21. The number of amides is 1. The van der Waals surface area contributed by atoms with Gasteiger partial charge in [0.1, 0.15) is 0 Å². The molecule has 0 saturated carbocycles. The minimum Gasteiger partial charge on any atom is -0.449 e. The molecule has 1 rings (SSSR count). The highest BCUT2D eigenvalue weighted by Crippen LogP contribution is 2.21. The van der Waals surface area contributed by atoms with Crippen LogP contribution in [0.2, 0.25) is 0 Å². The van der Waals surface area contributed by atoms with Crippen molar-refractivity contribution in [2.45, 2.75) is 19.0 Å². The fourth-order valence-corrected chi connectivity index (χ4v) is 1.09. The maximum atomic E-state index is 11.8. The summed E-state index contributed by atoms with van der Waals surface area (Å²) in [7, 11) is 0. The van der Waals surface area contributed by atoms with Crippen molar-refractivity contribution < 1.29 is 22.7 Å². The van der Waals surface area contributed by atoms with E-state index >= 15 is 0 Å². The van der Waals surface area contributed by atoms with Crippen LogP contribution in [0, 0.1) is 0 Å². The van der Waals surface area contributed by atoms with Gasteiger partial charge in [-0.15, -0.1) is 0 Å². The van der Waals surface area contributed by atoms with E-state index in [1.54, 1.807) is 24.3 Å². The van der Waals surface area contributed by atoms with Crippen LogP contribution in [0.3, 0.4) is 0 Å². The molecule has 1 amide bonds. The summed E-state index contributed by atoms with van der Waals surface area (Å²) in [6.07, 6.45) is 3.52. The van der Waals surface area contributed by atoms with E-state index in [1.165, 1.54) is 12.4 Å². The minimum atomic E-state index is -4.21. The SMILES string of the molecule is O=C(OCCCC(F)(F)F)N1C=CC=CC=C1. The van der Waals surface area contributed by atoms with Gasteiger partial charge in [-0.25, -0.2) is 4.79 Å². The van der Waals surface area contributed by atoms with E-state index in [0.29, 0.717) is 0 Å². The number of alkyl halides is 3. The molecule has 0 spiro atoms. The van der Waals surface area contributed by atoms with Crippen LogP contribution in [0.15, 0.2) is 36.7 Å². The number of hydrogen-bond acceptors (Lipinski definition) is 2. The quantitative estimate of drug-likeness (QED) is 0.715. The van der Waals surface area contributed by atoms with Crippen LogP contribution in [-0.4, -0.2) is 23.8 Å². The monoisotopic (exact) mass is 247 g/mol. The lowest BCUT2D eigenvalue weighted by molar-refractivity contribution is -0.137. The fourth-order valence-electron chi connectivity index (χ4n) is 1.09. The molecule has 0 aromatic heterocycles. The number of rotatable bonds is 3. The van der Waals surface area contributed by atoms with Gasteiger partial charge in [0.2, 0.25) is 0 Å². The number of halogens is 3. The van der Waals surface area contributed by atoms with E-state index in [4.69, 9.17) is 0 Å². The molecule has 3 nitrogen and oxygen atoms in total. The Morgan fingerprint density at radius 1 is 1.12 bits per heavy atom. The van der Waals surface area contributed by atoms with Crippen molar-refractivity contribution in [3.63, 3.8) is 0 Å². The second kappa shape index (κ2) is 6.12. The molecule has 0 unspecified atom stereocenters. The maximum Gasteiger partial charge on any atom is 0.417 e. The smallest absolute Gasteiger partial charge is 0.417 e. The largest absolute Gasteiger partial charge is 0.449 e. The lowest BCUT2D eigenvalue weighted by Gasteiger charge is -2.13. The Bertz CT molecular complexity index is 329. The Kier molecular flexibility index (Phi) is 4.81. The lowest BCUT2D eigenvalue weighted by atomic mass is 10.3. The number of nitrogens with zero attached hydrogens (tertiary/aromatic N) is 1. The molecule has 0 aromatic rings. The molecule has 6 heteroatoms. The first kappa shape index (κ1) is 13.3. The van der Waals surface area contributed by atoms with E-state index in [0.717, 1.165) is 4.90 Å². The molecule has 0 fully saturated rings. The van der Waals surface area contributed by atoms with Crippen molar-refractivity contribution in [2.75, 3.05) is 6.61 Å². The molecule has 1 aliphatic heterocycles. The third-order valence-corrected chi connectivity index (χ3v) is 1.87. The van der Waals surface area contributed by atoms with Crippen LogP contribution >= 0.6 is 0 Å². The molecule has 0 radical (unpaired) electrons. The summed E-state index contributed by atoms with van der Waals surface area (Å²) in [5, 5.41) is 0. The Morgan fingerprint density at radius 2 is 1.71 bits per heavy atom. The molecule has 0 N–H and O–H groups in total. The van der Waals surface area contributed by atoms with Gasteiger partial charge in [-0.1, -0.05) is 12.2 Å². The predicted molar refractivity (Wildman–Crippen MR) is 55.9 cm³/mol. The molecule has 1 aliphatic rings. The fraction of sp³-hybridized carbons (Fsp3) is 0.364. The van der Waals surface area contributed by atoms with Crippen molar-refractivity contribution >= 4 is 6.09 Å². The molecule has 0 bridgehead atoms. The number of carbonyl (C=O) groups is 1. The molecular weight excluding hydrogens is 235 g/mol. The number of carbonyl (C=O) groups excluding carboxylic acids is 1. The topological polar surface area (TPSA) is 29.5 Å². The van der Waals surface area contributed by atoms with Gasteiger partial charge in [-0.2, -0.15) is 13.2 Å². The summed E-state index contributed by atoms with van der Waals surface area (Å²) in [6.45, 7) is -0.246. The van der Waals surface area contributed by atoms with Gasteiger partial charge < -0.3 is 4.74 Å². The molecule has 17 heavy (non-hydrogen) atoms. The summed E-state index contributed by atoms with van der Waals surface area (Å²) >= 11 is 0. The summed E-state index contributed by atoms with van der Waals surface area (Å²) in [4.78, 5) is 12.5. The van der Waals surface area contributed by atoms with Gasteiger partial charge >= 0.3 is 12.3 Å². The van der Waals surface area contributed by atoms with Gasteiger partial charge in [0.25, 0.3) is 0 Å². The van der Waals surface area contributed by atoms with Crippen LogP contribution in [0.4, 0.5) is 18.0 Å². The Balaban J connectivity index is 2.26. The molecule has 0 saturated heterocycles. The minimum absolute atomic E-state index is 0.227. The molecule has 1 heterocycles. The molecule has 0 atom stereocenters. The molecule has 0 aliphatic carbocycles. The standard InChI is InChI=1S/C11H12F3NO2/c12-11(13,14)6-5-9-17-10(16)15-7-3-1-2-4-8-15/h1-4,7-8H,5-6,9H2. The first-order valence-corrected chi connectivity index (χ1v) is 5.02. The zero-order valence-electron chi connectivity index (χ0n) is 8.98. The van der Waals surface area contributed by atoms with Crippen LogP contribution in [0.1, 0.15) is 12.8 Å². The van der Waals surface area contributed by atoms with Crippen LogP contribution in [-0.2, 0) is 4.74 Å². The summed E-state index contributed by atoms with van der Waals surface area (Å²) in [6, 6.07) is 0. The second-order valence-electron chi connectivity index (χ2n) is 3.31. The van der Waals surface area contributed by atoms with Crippen molar-refractivity contribution in [3.05, 3.63) is 36.7 Å². The summed E-state index contributed by atoms with van der Waals surface area (Å²) in [5.41, 5.74) is 0. The van der Waals surface area contributed by atoms with Gasteiger partial charge in [-0.05, 0) is 18.6 Å². The number of ether oxygens (including phenoxy) is 1. The Morgan fingerprint density at radius 3 is 2.24 bits per heavy atom. The summed E-state index contributed by atoms with van der Waals surface area (Å²) in [5.74, 6) is 0. The maximum absolute atomic E-state index is 11.8. The van der Waals surface area contributed by atoms with Crippen molar-refractivity contribution in [2.24, 2.45) is 0 Å². The molecule has 0 aromatic carbocycles. The van der Waals surface area contributed by atoms with Gasteiger partial charge in [-0.3, -0.25) is 4.90 Å². The van der Waals surface area contributed by atoms with Crippen LogP contribution in [0.5, 0.6) is 0 Å². The second-order valence-corrected chi connectivity index (χ2v) is 3.31. The molecular formula is C11H12F3NO2. The van der Waals surface area contributed by atoms with E-state index in [-0.39, 0.29) is 13.0 Å². The molecule has 94 valence electrons. The highest BCUT2D eigenvalue weighted by atomic mass is 19.4. The highest BCUT2D eigenvalue weighted by molar-refractivity contribution is 5.70. The van der Waals surface area contributed by atoms with Crippen molar-refractivity contribution in [3.8, 4) is 0 Å². The Hall–Kier alpha value is -1.72. The van der Waals surface area contributed by atoms with Crippen LogP contribution in [0.25, 0.3) is 0 Å². The zero-order valence-corrected chi connectivity index (χ0v) is 8.98. The van der Waals surface area contributed by atoms with Gasteiger partial charge in [0, 0.05) is 18.8 Å². The third-order valence-electron chi connectivity index (χ3n) is 1.87. The van der Waals surface area contributed by atoms with Crippen LogP contribution < -0.4 is 0 Å². The van der Waals surface area contributed by atoms with E-state index in [2.05, 4.69) is 4.74 Å². The van der Waals surface area contributed by atoms with Gasteiger partial charge in [0.05, 0.1) is 6.61 Å². The average molecular weight is 247 g/mol. The third kappa shape index (κ3) is 5.79. The first-order chi connectivity index (χ1) is 7.99. The average Bonchev–Trinajstić information content (AvgIpc) is 2.51. The Labute approximate surface area is 96.8 Å². The van der Waals surface area contributed by atoms with E-state index in [9.17, 15) is 18.0 Å². The van der Waals surface area contributed by atoms with E-state index < -0.39 is 18.7 Å². The first-order valence-electron chi connectivity index (χ1n) is 5.02. The predicted octanol–water partition coefficient (Wildman–Crippen LogP) is 3.36. The van der Waals surface area contributed by atoms with E-state index in [1.807, 2.05) is 0 Å². The zero-order chi connectivity index (χ0) is 12.7. The number of hydrogen-bond donors (Lipinski definition) is 0. The summed E-state index contributed by atoms with van der Waals surface area (Å²) < 4.78 is 40.1.